The summed E-state index contributed by atoms with van der Waals surface area (Å²) >= 11 is 0. The van der Waals surface area contributed by atoms with Crippen molar-refractivity contribution in [3.05, 3.63) is 41.3 Å². The summed E-state index contributed by atoms with van der Waals surface area (Å²) in [5, 5.41) is 7.98. The monoisotopic (exact) mass is 315 g/mol. The number of hydrogen-bond acceptors (Lipinski definition) is 5. The molecule has 6 heteroatoms. The van der Waals surface area contributed by atoms with Gasteiger partial charge < -0.3 is 15.0 Å². The Bertz CT molecular complexity index is 667. The molecule has 124 valence electrons. The van der Waals surface area contributed by atoms with Gasteiger partial charge in [0, 0.05) is 57.8 Å². The van der Waals surface area contributed by atoms with Crippen molar-refractivity contribution >= 4 is 5.82 Å². The van der Waals surface area contributed by atoms with Gasteiger partial charge in [-0.1, -0.05) is 0 Å². The number of anilines is 1. The minimum absolute atomic E-state index is 0.0823. The van der Waals surface area contributed by atoms with E-state index in [4.69, 9.17) is 4.74 Å². The van der Waals surface area contributed by atoms with Crippen molar-refractivity contribution in [3.8, 4) is 0 Å². The molecule has 1 saturated heterocycles. The molecule has 3 heterocycles. The first kappa shape index (κ1) is 16.0. The lowest BCUT2D eigenvalue weighted by atomic mass is 10.0. The number of pyridine rings is 1. The number of nitrogens with one attached hydrogen (secondary N) is 1. The Hall–Kier alpha value is -1.92. The Kier molecular flexibility index (Phi) is 4.63. The molecule has 0 radical (unpaired) electrons. The predicted molar refractivity (Wildman–Crippen MR) is 90.4 cm³/mol. The number of hydrogen-bond donors (Lipinski definition) is 1. The second kappa shape index (κ2) is 6.68. The zero-order valence-corrected chi connectivity index (χ0v) is 14.3. The zero-order chi connectivity index (χ0) is 16.4. The number of nitrogens with zero attached hydrogens (tertiary/aromatic N) is 4. The van der Waals surface area contributed by atoms with Gasteiger partial charge in [-0.25, -0.2) is 4.98 Å². The smallest absolute Gasteiger partial charge is 0.128 e. The minimum atomic E-state index is 0.0823. The maximum absolute atomic E-state index is 5.96. The Morgan fingerprint density at radius 2 is 2.26 bits per heavy atom. The van der Waals surface area contributed by atoms with Gasteiger partial charge in [0.2, 0.25) is 0 Å². The fraction of sp³-hybridized carbons (Fsp3) is 0.529. The van der Waals surface area contributed by atoms with E-state index in [0.717, 1.165) is 25.4 Å². The summed E-state index contributed by atoms with van der Waals surface area (Å²) in [5.41, 5.74) is 3.59. The molecule has 0 saturated carbocycles. The lowest BCUT2D eigenvalue weighted by molar-refractivity contribution is 0.0979. The van der Waals surface area contributed by atoms with E-state index >= 15 is 0 Å². The van der Waals surface area contributed by atoms with Crippen LogP contribution in [0.3, 0.4) is 0 Å². The lowest BCUT2D eigenvalue weighted by Gasteiger charge is -2.20. The van der Waals surface area contributed by atoms with Crippen LogP contribution >= 0.6 is 0 Å². The number of rotatable bonds is 5. The highest BCUT2D eigenvalue weighted by Gasteiger charge is 2.31. The Balaban J connectivity index is 1.68. The molecule has 2 atom stereocenters. The number of aryl methyl sites for hydroxylation is 1. The summed E-state index contributed by atoms with van der Waals surface area (Å²) in [7, 11) is 5.98. The summed E-state index contributed by atoms with van der Waals surface area (Å²) in [6.45, 7) is 3.69. The van der Waals surface area contributed by atoms with Crippen LogP contribution in [0.5, 0.6) is 0 Å². The van der Waals surface area contributed by atoms with Crippen LogP contribution in [0.1, 0.15) is 29.3 Å². The van der Waals surface area contributed by atoms with Crippen LogP contribution in [0.25, 0.3) is 0 Å². The van der Waals surface area contributed by atoms with Crippen molar-refractivity contribution in [1.29, 1.82) is 0 Å². The van der Waals surface area contributed by atoms with Gasteiger partial charge in [0.05, 0.1) is 6.20 Å². The van der Waals surface area contributed by atoms with Crippen LogP contribution in [0, 0.1) is 6.92 Å². The van der Waals surface area contributed by atoms with E-state index in [1.807, 2.05) is 43.1 Å². The highest BCUT2D eigenvalue weighted by atomic mass is 16.5. The van der Waals surface area contributed by atoms with E-state index in [1.54, 1.807) is 0 Å². The fourth-order valence-corrected chi connectivity index (χ4v) is 2.96. The first-order chi connectivity index (χ1) is 11.1. The Morgan fingerprint density at radius 3 is 2.96 bits per heavy atom. The molecule has 0 spiro atoms. The molecular formula is C17H25N5O. The molecule has 0 amide bonds. The van der Waals surface area contributed by atoms with Gasteiger partial charge >= 0.3 is 0 Å². The van der Waals surface area contributed by atoms with Gasteiger partial charge in [-0.2, -0.15) is 5.10 Å². The topological polar surface area (TPSA) is 55.2 Å². The third kappa shape index (κ3) is 3.38. The molecule has 2 aromatic rings. The maximum Gasteiger partial charge on any atom is 0.128 e. The molecule has 0 unspecified atom stereocenters. The van der Waals surface area contributed by atoms with Gasteiger partial charge in [-0.15, -0.1) is 0 Å². The normalized spacial score (nSPS) is 20.9. The summed E-state index contributed by atoms with van der Waals surface area (Å²) in [6.07, 6.45) is 4.89. The van der Waals surface area contributed by atoms with Gasteiger partial charge in [0.25, 0.3) is 0 Å². The van der Waals surface area contributed by atoms with Crippen LogP contribution in [0.4, 0.5) is 5.82 Å². The van der Waals surface area contributed by atoms with Crippen LogP contribution in [0.15, 0.2) is 24.5 Å². The first-order valence-corrected chi connectivity index (χ1v) is 8.02. The molecule has 3 rings (SSSR count). The minimum Gasteiger partial charge on any atom is -0.372 e. The van der Waals surface area contributed by atoms with Crippen LogP contribution in [-0.4, -0.2) is 41.5 Å². The third-order valence-electron chi connectivity index (χ3n) is 4.51. The van der Waals surface area contributed by atoms with Gasteiger partial charge in [-0.05, 0) is 31.0 Å². The fourth-order valence-electron chi connectivity index (χ4n) is 2.96. The largest absolute Gasteiger partial charge is 0.372 e. The summed E-state index contributed by atoms with van der Waals surface area (Å²) in [5.74, 6) is 0.978. The molecule has 0 aliphatic carbocycles. The molecule has 6 nitrogen and oxygen atoms in total. The highest BCUT2D eigenvalue weighted by molar-refractivity contribution is 5.39. The Morgan fingerprint density at radius 1 is 1.43 bits per heavy atom. The summed E-state index contributed by atoms with van der Waals surface area (Å²) in [6, 6.07) is 4.49. The van der Waals surface area contributed by atoms with Gasteiger partial charge in [0.1, 0.15) is 11.9 Å². The van der Waals surface area contributed by atoms with E-state index in [1.165, 1.54) is 16.8 Å². The van der Waals surface area contributed by atoms with Crippen molar-refractivity contribution < 1.29 is 4.74 Å². The van der Waals surface area contributed by atoms with Crippen molar-refractivity contribution in [2.75, 3.05) is 25.6 Å². The third-order valence-corrected chi connectivity index (χ3v) is 4.51. The molecule has 23 heavy (non-hydrogen) atoms. The molecule has 1 aliphatic heterocycles. The van der Waals surface area contributed by atoms with Crippen molar-refractivity contribution in [2.45, 2.75) is 32.0 Å². The van der Waals surface area contributed by atoms with Crippen molar-refractivity contribution in [3.63, 3.8) is 0 Å². The van der Waals surface area contributed by atoms with Gasteiger partial charge in [-0.3, -0.25) is 4.68 Å². The van der Waals surface area contributed by atoms with E-state index in [9.17, 15) is 0 Å². The molecule has 0 bridgehead atoms. The Labute approximate surface area is 137 Å². The quantitative estimate of drug-likeness (QED) is 0.912. The van der Waals surface area contributed by atoms with Gasteiger partial charge in [0.15, 0.2) is 0 Å². The molecule has 0 aromatic carbocycles. The van der Waals surface area contributed by atoms with E-state index < -0.39 is 0 Å². The molecule has 2 aromatic heterocycles. The second-order valence-electron chi connectivity index (χ2n) is 6.29. The number of aromatic nitrogens is 3. The molecular weight excluding hydrogens is 290 g/mol. The highest BCUT2D eigenvalue weighted by Crippen LogP contribution is 2.31. The van der Waals surface area contributed by atoms with Crippen molar-refractivity contribution in [1.82, 2.24) is 20.1 Å². The van der Waals surface area contributed by atoms with E-state index in [0.29, 0.717) is 6.04 Å². The standard InChI is InChI=1S/C17H25N5O/c1-12-14(11-20-22(12)4)17-15(6-8-23-17)19-10-13-5-7-18-16(9-13)21(2)3/h5,7,9,11,15,17,19H,6,8,10H2,1-4H3/t15-,17+/m0/s1. The summed E-state index contributed by atoms with van der Waals surface area (Å²) in [4.78, 5) is 6.38. The average Bonchev–Trinajstić information content (AvgIpc) is 3.13. The second-order valence-corrected chi connectivity index (χ2v) is 6.29. The maximum atomic E-state index is 5.96. The molecule has 1 fully saturated rings. The van der Waals surface area contributed by atoms with E-state index in [2.05, 4.69) is 34.5 Å². The SMILES string of the molecule is Cc1c([C@H]2OCC[C@@H]2NCc2ccnc(N(C)C)c2)cnn1C. The van der Waals surface area contributed by atoms with Crippen LogP contribution < -0.4 is 10.2 Å². The zero-order valence-electron chi connectivity index (χ0n) is 14.3. The van der Waals surface area contributed by atoms with Crippen LogP contribution in [0.2, 0.25) is 0 Å². The summed E-state index contributed by atoms with van der Waals surface area (Å²) < 4.78 is 7.86. The van der Waals surface area contributed by atoms with Crippen LogP contribution in [-0.2, 0) is 18.3 Å². The predicted octanol–water partition coefficient (Wildman–Crippen LogP) is 1.81. The molecule has 1 N–H and O–H groups in total. The van der Waals surface area contributed by atoms with E-state index in [-0.39, 0.29) is 6.10 Å². The number of ether oxygens (including phenoxy) is 1. The van der Waals surface area contributed by atoms with Crippen molar-refractivity contribution in [2.24, 2.45) is 7.05 Å². The lowest BCUT2D eigenvalue weighted by Crippen LogP contribution is -2.31. The average molecular weight is 315 g/mol. The first-order valence-electron chi connectivity index (χ1n) is 8.02. The molecule has 1 aliphatic rings.